The molecule has 0 aliphatic carbocycles. The van der Waals surface area contributed by atoms with Crippen LogP contribution in [-0.4, -0.2) is 10.9 Å². The molecule has 1 aromatic heterocycles. The molecule has 1 aromatic carbocycles. The summed E-state index contributed by atoms with van der Waals surface area (Å²) >= 11 is 0. The van der Waals surface area contributed by atoms with Gasteiger partial charge in [0.2, 0.25) is 5.91 Å². The molecule has 18 heavy (non-hydrogen) atoms. The van der Waals surface area contributed by atoms with Gasteiger partial charge in [0.05, 0.1) is 18.3 Å². The lowest BCUT2D eigenvalue weighted by atomic mass is 10.1. The van der Waals surface area contributed by atoms with Crippen molar-refractivity contribution in [1.29, 1.82) is 0 Å². The van der Waals surface area contributed by atoms with E-state index in [1.807, 2.05) is 31.2 Å². The van der Waals surface area contributed by atoms with Crippen LogP contribution in [0.3, 0.4) is 0 Å². The Morgan fingerprint density at radius 3 is 2.83 bits per heavy atom. The molecule has 0 aliphatic rings. The molecule has 4 nitrogen and oxygen atoms in total. The number of hydrogen-bond donors (Lipinski definition) is 2. The molecule has 0 saturated heterocycles. The maximum atomic E-state index is 11.8. The van der Waals surface area contributed by atoms with Gasteiger partial charge in [-0.25, -0.2) is 0 Å². The van der Waals surface area contributed by atoms with Gasteiger partial charge >= 0.3 is 0 Å². The maximum absolute atomic E-state index is 11.8. The quantitative estimate of drug-likeness (QED) is 0.809. The highest BCUT2D eigenvalue weighted by Crippen LogP contribution is 2.09. The van der Waals surface area contributed by atoms with E-state index in [1.54, 1.807) is 18.3 Å². The summed E-state index contributed by atoms with van der Waals surface area (Å²) in [5, 5.41) is 2.79. The number of hydrogen-bond acceptors (Lipinski definition) is 3. The molecule has 0 atom stereocenters. The van der Waals surface area contributed by atoms with E-state index in [-0.39, 0.29) is 5.91 Å². The largest absolute Gasteiger partial charge is 0.399 e. The first-order valence-corrected chi connectivity index (χ1v) is 5.70. The summed E-state index contributed by atoms with van der Waals surface area (Å²) in [6.45, 7) is 1.90. The number of nitrogens with one attached hydrogen (secondary N) is 1. The monoisotopic (exact) mass is 241 g/mol. The predicted octanol–water partition coefficient (Wildman–Crippen LogP) is 2.15. The predicted molar refractivity (Wildman–Crippen MR) is 72.2 cm³/mol. The summed E-state index contributed by atoms with van der Waals surface area (Å²) in [7, 11) is 0. The Morgan fingerprint density at radius 2 is 2.17 bits per heavy atom. The lowest BCUT2D eigenvalue weighted by Gasteiger charge is -2.05. The van der Waals surface area contributed by atoms with Crippen LogP contribution >= 0.6 is 0 Å². The van der Waals surface area contributed by atoms with E-state index in [2.05, 4.69) is 10.3 Å². The van der Waals surface area contributed by atoms with Crippen LogP contribution in [0.4, 0.5) is 11.4 Å². The highest BCUT2D eigenvalue weighted by atomic mass is 16.1. The Labute approximate surface area is 106 Å². The minimum atomic E-state index is -0.0775. The van der Waals surface area contributed by atoms with Gasteiger partial charge in [-0.2, -0.15) is 0 Å². The summed E-state index contributed by atoms with van der Waals surface area (Å²) in [5.41, 5.74) is 8.85. The molecule has 0 unspecified atom stereocenters. The zero-order valence-electron chi connectivity index (χ0n) is 10.2. The average molecular weight is 241 g/mol. The lowest BCUT2D eigenvalue weighted by molar-refractivity contribution is -0.115. The van der Waals surface area contributed by atoms with Crippen molar-refractivity contribution in [2.75, 3.05) is 11.1 Å². The van der Waals surface area contributed by atoms with E-state index in [0.717, 1.165) is 11.3 Å². The van der Waals surface area contributed by atoms with E-state index in [0.29, 0.717) is 17.8 Å². The second kappa shape index (κ2) is 5.31. The van der Waals surface area contributed by atoms with Crippen molar-refractivity contribution in [3.05, 3.63) is 53.9 Å². The first-order valence-electron chi connectivity index (χ1n) is 5.70. The first-order chi connectivity index (χ1) is 8.63. The van der Waals surface area contributed by atoms with Crippen molar-refractivity contribution < 1.29 is 4.79 Å². The number of nitrogen functional groups attached to an aromatic ring is 1. The van der Waals surface area contributed by atoms with Gasteiger partial charge < -0.3 is 11.1 Å². The zero-order valence-corrected chi connectivity index (χ0v) is 10.2. The summed E-state index contributed by atoms with van der Waals surface area (Å²) in [4.78, 5) is 15.9. The molecule has 2 aromatic rings. The van der Waals surface area contributed by atoms with Gasteiger partial charge in [0.25, 0.3) is 0 Å². The van der Waals surface area contributed by atoms with Crippen LogP contribution in [0, 0.1) is 6.92 Å². The molecule has 0 radical (unpaired) electrons. The minimum Gasteiger partial charge on any atom is -0.399 e. The van der Waals surface area contributed by atoms with Gasteiger partial charge in [0.1, 0.15) is 0 Å². The normalized spacial score (nSPS) is 10.1. The fourth-order valence-corrected chi connectivity index (χ4v) is 1.64. The van der Waals surface area contributed by atoms with Crippen molar-refractivity contribution in [2.24, 2.45) is 0 Å². The van der Waals surface area contributed by atoms with Crippen LogP contribution < -0.4 is 11.1 Å². The number of nitrogens with two attached hydrogens (primary N) is 1. The topological polar surface area (TPSA) is 68.0 Å². The van der Waals surface area contributed by atoms with Crippen LogP contribution in [0.15, 0.2) is 42.6 Å². The molecular weight excluding hydrogens is 226 g/mol. The lowest BCUT2D eigenvalue weighted by Crippen LogP contribution is -2.14. The van der Waals surface area contributed by atoms with Gasteiger partial charge in [0.15, 0.2) is 0 Å². The van der Waals surface area contributed by atoms with Crippen LogP contribution in [-0.2, 0) is 11.2 Å². The summed E-state index contributed by atoms with van der Waals surface area (Å²) in [6, 6.07) is 11.0. The van der Waals surface area contributed by atoms with Gasteiger partial charge in [0, 0.05) is 11.4 Å². The maximum Gasteiger partial charge on any atom is 0.228 e. The Hall–Kier alpha value is -2.36. The highest BCUT2D eigenvalue weighted by Gasteiger charge is 2.04. The smallest absolute Gasteiger partial charge is 0.228 e. The van der Waals surface area contributed by atoms with E-state index in [1.165, 1.54) is 0 Å². The number of nitrogens with zero attached hydrogens (tertiary/aromatic N) is 1. The fourth-order valence-electron chi connectivity index (χ4n) is 1.64. The van der Waals surface area contributed by atoms with Crippen LogP contribution in [0.1, 0.15) is 11.3 Å². The molecule has 0 bridgehead atoms. The van der Waals surface area contributed by atoms with Gasteiger partial charge in [-0.1, -0.05) is 12.1 Å². The molecule has 0 saturated carbocycles. The van der Waals surface area contributed by atoms with Crippen molar-refractivity contribution in [1.82, 2.24) is 4.98 Å². The van der Waals surface area contributed by atoms with E-state index in [9.17, 15) is 4.79 Å². The number of carbonyl (C=O) groups excluding carboxylic acids is 1. The molecule has 0 fully saturated rings. The molecule has 92 valence electrons. The fraction of sp³-hybridized carbons (Fsp3) is 0.143. The number of anilines is 2. The SMILES string of the molecule is Cc1ccc(NC(=O)Cc2cccc(N)c2)cn1. The number of aromatic nitrogens is 1. The van der Waals surface area contributed by atoms with E-state index in [4.69, 9.17) is 5.73 Å². The molecule has 1 amide bonds. The summed E-state index contributed by atoms with van der Waals surface area (Å²) in [6.07, 6.45) is 1.95. The second-order valence-electron chi connectivity index (χ2n) is 4.16. The van der Waals surface area contributed by atoms with Crippen molar-refractivity contribution in [3.8, 4) is 0 Å². The molecule has 1 heterocycles. The van der Waals surface area contributed by atoms with Gasteiger partial charge in [-0.15, -0.1) is 0 Å². The standard InChI is InChI=1S/C14H15N3O/c1-10-5-6-13(9-16-10)17-14(18)8-11-3-2-4-12(15)7-11/h2-7,9H,8,15H2,1H3,(H,17,18). The average Bonchev–Trinajstić information content (AvgIpc) is 2.32. The second-order valence-corrected chi connectivity index (χ2v) is 4.16. The Kier molecular flexibility index (Phi) is 3.57. The van der Waals surface area contributed by atoms with Crippen molar-refractivity contribution >= 4 is 17.3 Å². The van der Waals surface area contributed by atoms with Gasteiger partial charge in [-0.3, -0.25) is 9.78 Å². The molecule has 3 N–H and O–H groups in total. The van der Waals surface area contributed by atoms with Crippen LogP contribution in [0.5, 0.6) is 0 Å². The Balaban J connectivity index is 1.98. The van der Waals surface area contributed by atoms with Crippen LogP contribution in [0.2, 0.25) is 0 Å². The molecule has 0 aliphatic heterocycles. The molecular formula is C14H15N3O. The Morgan fingerprint density at radius 1 is 1.33 bits per heavy atom. The zero-order chi connectivity index (χ0) is 13.0. The number of benzene rings is 1. The van der Waals surface area contributed by atoms with Crippen molar-refractivity contribution in [3.63, 3.8) is 0 Å². The number of pyridine rings is 1. The molecule has 2 rings (SSSR count). The Bertz CT molecular complexity index is 549. The minimum absolute atomic E-state index is 0.0775. The van der Waals surface area contributed by atoms with Gasteiger partial charge in [-0.05, 0) is 36.8 Å². The van der Waals surface area contributed by atoms with E-state index >= 15 is 0 Å². The van der Waals surface area contributed by atoms with E-state index < -0.39 is 0 Å². The number of aryl methyl sites for hydroxylation is 1. The molecule has 0 spiro atoms. The third-order valence-electron chi connectivity index (χ3n) is 2.51. The number of amides is 1. The summed E-state index contributed by atoms with van der Waals surface area (Å²) in [5.74, 6) is -0.0775. The molecule has 4 heteroatoms. The number of rotatable bonds is 3. The summed E-state index contributed by atoms with van der Waals surface area (Å²) < 4.78 is 0. The first kappa shape index (κ1) is 12.1. The number of carbonyl (C=O) groups is 1. The van der Waals surface area contributed by atoms with Crippen LogP contribution in [0.25, 0.3) is 0 Å². The highest BCUT2D eigenvalue weighted by molar-refractivity contribution is 5.92. The van der Waals surface area contributed by atoms with Crippen molar-refractivity contribution in [2.45, 2.75) is 13.3 Å². The third kappa shape index (κ3) is 3.31. The third-order valence-corrected chi connectivity index (χ3v) is 2.51.